The second-order valence-electron chi connectivity index (χ2n) is 4.78. The highest BCUT2D eigenvalue weighted by atomic mass is 19.2. The van der Waals surface area contributed by atoms with E-state index in [-0.39, 0.29) is 25.0 Å². The van der Waals surface area contributed by atoms with Gasteiger partial charge in [0, 0.05) is 26.1 Å². The molecular formula is C14H17F3N2O2. The maximum atomic E-state index is 13.4. The molecule has 1 rings (SSSR count). The van der Waals surface area contributed by atoms with Crippen LogP contribution in [0.4, 0.5) is 13.2 Å². The van der Waals surface area contributed by atoms with Crippen molar-refractivity contribution in [3.8, 4) is 0 Å². The normalized spacial score (nSPS) is 10.6. The van der Waals surface area contributed by atoms with E-state index in [0.29, 0.717) is 6.07 Å². The highest BCUT2D eigenvalue weighted by Crippen LogP contribution is 2.14. The average Bonchev–Trinajstić information content (AvgIpc) is 2.40. The number of rotatable bonds is 5. The maximum absolute atomic E-state index is 13.4. The largest absolute Gasteiger partial charge is 0.350 e. The van der Waals surface area contributed by atoms with Gasteiger partial charge in [-0.3, -0.25) is 9.59 Å². The first-order valence-electron chi connectivity index (χ1n) is 6.44. The van der Waals surface area contributed by atoms with E-state index in [1.807, 2.05) is 13.8 Å². The van der Waals surface area contributed by atoms with Crippen molar-refractivity contribution in [2.45, 2.75) is 26.8 Å². The fourth-order valence-electron chi connectivity index (χ4n) is 1.87. The van der Waals surface area contributed by atoms with Gasteiger partial charge in [-0.2, -0.15) is 0 Å². The molecular weight excluding hydrogens is 285 g/mol. The molecule has 0 unspecified atom stereocenters. The summed E-state index contributed by atoms with van der Waals surface area (Å²) in [6.45, 7) is 5.35. The lowest BCUT2D eigenvalue weighted by Gasteiger charge is -2.25. The van der Waals surface area contributed by atoms with Crippen molar-refractivity contribution in [1.82, 2.24) is 10.2 Å². The van der Waals surface area contributed by atoms with E-state index in [1.165, 1.54) is 11.8 Å². The first-order valence-corrected chi connectivity index (χ1v) is 6.44. The number of hydrogen-bond donors (Lipinski definition) is 1. The van der Waals surface area contributed by atoms with Gasteiger partial charge in [0.05, 0.1) is 5.56 Å². The Morgan fingerprint density at radius 1 is 1.19 bits per heavy atom. The lowest BCUT2D eigenvalue weighted by Crippen LogP contribution is -2.41. The summed E-state index contributed by atoms with van der Waals surface area (Å²) in [6.07, 6.45) is 0. The van der Waals surface area contributed by atoms with Crippen molar-refractivity contribution in [3.05, 3.63) is 35.1 Å². The van der Waals surface area contributed by atoms with Crippen LogP contribution in [-0.2, 0) is 4.79 Å². The average molecular weight is 302 g/mol. The molecule has 0 heterocycles. The molecule has 116 valence electrons. The number of hydrogen-bond acceptors (Lipinski definition) is 2. The first-order chi connectivity index (χ1) is 9.75. The number of carbonyl (C=O) groups is 2. The van der Waals surface area contributed by atoms with Crippen LogP contribution in [0.15, 0.2) is 12.1 Å². The van der Waals surface area contributed by atoms with Gasteiger partial charge in [-0.15, -0.1) is 0 Å². The highest BCUT2D eigenvalue weighted by molar-refractivity contribution is 5.94. The Bertz CT molecular complexity index is 547. The standard InChI is InChI=1S/C14H17F3N2O2/c1-8(2)19(9(3)20)7-6-18-14(21)10-4-5-11(15)13(17)12(10)16/h4-5,8H,6-7H2,1-3H3,(H,18,21). The Kier molecular flexibility index (Phi) is 5.75. The molecule has 0 aliphatic heterocycles. The fourth-order valence-corrected chi connectivity index (χ4v) is 1.87. The number of halogens is 3. The van der Waals surface area contributed by atoms with Crippen molar-refractivity contribution in [3.63, 3.8) is 0 Å². The van der Waals surface area contributed by atoms with Gasteiger partial charge in [-0.1, -0.05) is 0 Å². The van der Waals surface area contributed by atoms with Crippen LogP contribution in [0, 0.1) is 17.5 Å². The maximum Gasteiger partial charge on any atom is 0.254 e. The predicted octanol–water partition coefficient (Wildman–Crippen LogP) is 2.09. The van der Waals surface area contributed by atoms with Gasteiger partial charge in [0.2, 0.25) is 5.91 Å². The van der Waals surface area contributed by atoms with E-state index in [1.54, 1.807) is 0 Å². The molecule has 4 nitrogen and oxygen atoms in total. The molecule has 0 bridgehead atoms. The Balaban J connectivity index is 2.67. The van der Waals surface area contributed by atoms with Gasteiger partial charge in [0.15, 0.2) is 17.5 Å². The summed E-state index contributed by atoms with van der Waals surface area (Å²) < 4.78 is 39.2. The molecule has 1 N–H and O–H groups in total. The van der Waals surface area contributed by atoms with Crippen molar-refractivity contribution in [2.24, 2.45) is 0 Å². The molecule has 0 radical (unpaired) electrons. The van der Waals surface area contributed by atoms with E-state index < -0.39 is 28.9 Å². The Hall–Kier alpha value is -2.05. The van der Waals surface area contributed by atoms with Crippen molar-refractivity contribution < 1.29 is 22.8 Å². The SMILES string of the molecule is CC(=O)N(CCNC(=O)c1ccc(F)c(F)c1F)C(C)C. The van der Waals surface area contributed by atoms with Crippen LogP contribution in [0.3, 0.4) is 0 Å². The van der Waals surface area contributed by atoms with Gasteiger partial charge in [0.25, 0.3) is 5.91 Å². The summed E-state index contributed by atoms with van der Waals surface area (Å²) in [4.78, 5) is 24.6. The monoisotopic (exact) mass is 302 g/mol. The number of nitrogens with zero attached hydrogens (tertiary/aromatic N) is 1. The van der Waals surface area contributed by atoms with Gasteiger partial charge in [0.1, 0.15) is 0 Å². The minimum absolute atomic E-state index is 0.0422. The quantitative estimate of drug-likeness (QED) is 0.847. The van der Waals surface area contributed by atoms with Crippen molar-refractivity contribution >= 4 is 11.8 Å². The minimum atomic E-state index is -1.69. The Morgan fingerprint density at radius 2 is 1.81 bits per heavy atom. The smallest absolute Gasteiger partial charge is 0.254 e. The first kappa shape index (κ1) is 17.0. The lowest BCUT2D eigenvalue weighted by atomic mass is 10.2. The molecule has 0 saturated carbocycles. The molecule has 0 aliphatic carbocycles. The molecule has 0 spiro atoms. The van der Waals surface area contributed by atoms with Crippen LogP contribution < -0.4 is 5.32 Å². The van der Waals surface area contributed by atoms with Crippen molar-refractivity contribution in [2.75, 3.05) is 13.1 Å². The molecule has 0 aromatic heterocycles. The van der Waals surface area contributed by atoms with Crippen LogP contribution >= 0.6 is 0 Å². The van der Waals surface area contributed by atoms with Crippen LogP contribution in [0.2, 0.25) is 0 Å². The van der Waals surface area contributed by atoms with Crippen LogP contribution in [-0.4, -0.2) is 35.8 Å². The molecule has 0 fully saturated rings. The summed E-state index contributed by atoms with van der Waals surface area (Å²) in [5, 5.41) is 2.36. The number of nitrogens with one attached hydrogen (secondary N) is 1. The number of amides is 2. The van der Waals surface area contributed by atoms with E-state index in [9.17, 15) is 22.8 Å². The third-order valence-electron chi connectivity index (χ3n) is 2.95. The molecule has 0 aliphatic rings. The molecule has 21 heavy (non-hydrogen) atoms. The zero-order valence-electron chi connectivity index (χ0n) is 12.0. The zero-order chi connectivity index (χ0) is 16.2. The fraction of sp³-hybridized carbons (Fsp3) is 0.429. The topological polar surface area (TPSA) is 49.4 Å². The highest BCUT2D eigenvalue weighted by Gasteiger charge is 2.19. The van der Waals surface area contributed by atoms with Gasteiger partial charge < -0.3 is 10.2 Å². The molecule has 1 aromatic carbocycles. The van der Waals surface area contributed by atoms with Gasteiger partial charge in [-0.05, 0) is 26.0 Å². The summed E-state index contributed by atoms with van der Waals surface area (Å²) in [5.41, 5.74) is -0.576. The predicted molar refractivity (Wildman–Crippen MR) is 71.2 cm³/mol. The molecule has 1 aromatic rings. The molecule has 2 amide bonds. The summed E-state index contributed by atoms with van der Waals surface area (Å²) in [6, 6.07) is 1.51. The third kappa shape index (κ3) is 4.21. The molecule has 0 saturated heterocycles. The Labute approximate surface area is 120 Å². The number of benzene rings is 1. The zero-order valence-corrected chi connectivity index (χ0v) is 12.0. The molecule has 7 heteroatoms. The summed E-state index contributed by atoms with van der Waals surface area (Å²) in [7, 11) is 0. The minimum Gasteiger partial charge on any atom is -0.350 e. The van der Waals surface area contributed by atoms with E-state index in [2.05, 4.69) is 5.32 Å². The van der Waals surface area contributed by atoms with Gasteiger partial charge >= 0.3 is 0 Å². The second-order valence-corrected chi connectivity index (χ2v) is 4.78. The van der Waals surface area contributed by atoms with Crippen LogP contribution in [0.25, 0.3) is 0 Å². The third-order valence-corrected chi connectivity index (χ3v) is 2.95. The Morgan fingerprint density at radius 3 is 2.33 bits per heavy atom. The summed E-state index contributed by atoms with van der Waals surface area (Å²) in [5.74, 6) is -5.58. The second kappa shape index (κ2) is 7.10. The van der Waals surface area contributed by atoms with E-state index in [0.717, 1.165) is 6.07 Å². The van der Waals surface area contributed by atoms with E-state index in [4.69, 9.17) is 0 Å². The molecule has 0 atom stereocenters. The van der Waals surface area contributed by atoms with Gasteiger partial charge in [-0.25, -0.2) is 13.2 Å². The lowest BCUT2D eigenvalue weighted by molar-refractivity contribution is -0.130. The van der Waals surface area contributed by atoms with E-state index >= 15 is 0 Å². The van der Waals surface area contributed by atoms with Crippen LogP contribution in [0.5, 0.6) is 0 Å². The number of carbonyl (C=O) groups excluding carboxylic acids is 2. The summed E-state index contributed by atoms with van der Waals surface area (Å²) >= 11 is 0. The van der Waals surface area contributed by atoms with Crippen LogP contribution in [0.1, 0.15) is 31.1 Å². The van der Waals surface area contributed by atoms with Crippen molar-refractivity contribution in [1.29, 1.82) is 0 Å².